The van der Waals surface area contributed by atoms with Gasteiger partial charge in [0.15, 0.2) is 0 Å². The molecule has 2 aromatic rings. The second-order valence-electron chi connectivity index (χ2n) is 3.74. The first-order valence-electron chi connectivity index (χ1n) is 5.22. The van der Waals surface area contributed by atoms with Crippen LogP contribution in [0.15, 0.2) is 30.6 Å². The summed E-state index contributed by atoms with van der Waals surface area (Å²) >= 11 is 3.41. The predicted molar refractivity (Wildman–Crippen MR) is 65.1 cm³/mol. The summed E-state index contributed by atoms with van der Waals surface area (Å²) in [4.78, 5) is 6.97. The van der Waals surface area contributed by atoms with Gasteiger partial charge in [0.1, 0.15) is 17.5 Å². The smallest absolute Gasteiger partial charge is 0.129 e. The maximum absolute atomic E-state index is 13.4. The zero-order chi connectivity index (χ0) is 12.3. The fourth-order valence-electron chi connectivity index (χ4n) is 1.64. The van der Waals surface area contributed by atoms with Crippen molar-refractivity contribution in [3.05, 3.63) is 53.6 Å². The van der Waals surface area contributed by atoms with Crippen molar-refractivity contribution in [2.45, 2.75) is 17.7 Å². The van der Waals surface area contributed by atoms with Gasteiger partial charge in [-0.25, -0.2) is 13.8 Å². The van der Waals surface area contributed by atoms with Gasteiger partial charge in [-0.05, 0) is 18.6 Å². The highest BCUT2D eigenvalue weighted by atomic mass is 79.9. The molecule has 1 heterocycles. The first kappa shape index (κ1) is 12.2. The number of hydrogen-bond acceptors (Lipinski definition) is 1. The number of imidazole rings is 1. The molecular formula is C12H11BrF2N2. The molecule has 5 heteroatoms. The molecule has 0 radical (unpaired) electrons. The van der Waals surface area contributed by atoms with Crippen molar-refractivity contribution in [3.8, 4) is 0 Å². The van der Waals surface area contributed by atoms with Crippen LogP contribution in [-0.2, 0) is 12.8 Å². The molecule has 0 aliphatic carbocycles. The highest BCUT2D eigenvalue weighted by molar-refractivity contribution is 9.09. The Morgan fingerprint density at radius 3 is 2.53 bits per heavy atom. The molecule has 0 aliphatic heterocycles. The Bertz CT molecular complexity index is 465. The van der Waals surface area contributed by atoms with E-state index < -0.39 is 11.6 Å². The Morgan fingerprint density at radius 1 is 1.24 bits per heavy atom. The zero-order valence-corrected chi connectivity index (χ0v) is 10.5. The predicted octanol–water partition coefficient (Wildman–Crippen LogP) is 3.24. The van der Waals surface area contributed by atoms with Crippen molar-refractivity contribution in [1.29, 1.82) is 0 Å². The van der Waals surface area contributed by atoms with Crippen molar-refractivity contribution >= 4 is 15.9 Å². The minimum absolute atomic E-state index is 0.0555. The van der Waals surface area contributed by atoms with Crippen LogP contribution in [0.4, 0.5) is 8.78 Å². The van der Waals surface area contributed by atoms with Crippen LogP contribution in [0, 0.1) is 11.6 Å². The second kappa shape index (κ2) is 5.40. The Hall–Kier alpha value is -1.23. The van der Waals surface area contributed by atoms with Crippen molar-refractivity contribution in [3.63, 3.8) is 0 Å². The molecule has 0 saturated carbocycles. The monoisotopic (exact) mass is 300 g/mol. The molecule has 0 saturated heterocycles. The van der Waals surface area contributed by atoms with Gasteiger partial charge in [0.05, 0.1) is 0 Å². The summed E-state index contributed by atoms with van der Waals surface area (Å²) in [5, 5.41) is 0. The molecule has 2 rings (SSSR count). The van der Waals surface area contributed by atoms with E-state index in [1.165, 1.54) is 18.2 Å². The first-order chi connectivity index (χ1) is 8.16. The Balaban J connectivity index is 2.05. The maximum Gasteiger partial charge on any atom is 0.129 e. The first-order valence-corrected chi connectivity index (χ1v) is 6.13. The van der Waals surface area contributed by atoms with E-state index in [0.29, 0.717) is 12.8 Å². The number of rotatable bonds is 4. The fraction of sp³-hybridized carbons (Fsp3) is 0.250. The lowest BCUT2D eigenvalue weighted by Gasteiger charge is -2.09. The molecule has 0 bridgehead atoms. The van der Waals surface area contributed by atoms with Crippen molar-refractivity contribution in [2.24, 2.45) is 0 Å². The third-order valence-corrected chi connectivity index (χ3v) is 3.10. The van der Waals surface area contributed by atoms with Crippen molar-refractivity contribution in [2.75, 3.05) is 0 Å². The molecule has 0 amide bonds. The molecule has 90 valence electrons. The van der Waals surface area contributed by atoms with Crippen LogP contribution in [0.3, 0.4) is 0 Å². The second-order valence-corrected chi connectivity index (χ2v) is 5.04. The summed E-state index contributed by atoms with van der Waals surface area (Å²) in [5.74, 6) is -0.216. The number of nitrogens with zero attached hydrogens (tertiary/aromatic N) is 1. The average molecular weight is 301 g/mol. The van der Waals surface area contributed by atoms with Crippen LogP contribution in [0.1, 0.15) is 11.4 Å². The highest BCUT2D eigenvalue weighted by Gasteiger charge is 2.14. The largest absolute Gasteiger partial charge is 0.349 e. The molecule has 0 fully saturated rings. The van der Waals surface area contributed by atoms with Gasteiger partial charge in [-0.15, -0.1) is 0 Å². The number of alkyl halides is 1. The third-order valence-electron chi connectivity index (χ3n) is 2.46. The summed E-state index contributed by atoms with van der Waals surface area (Å²) in [5.41, 5.74) is 0.112. The van der Waals surface area contributed by atoms with Crippen molar-refractivity contribution in [1.82, 2.24) is 9.97 Å². The summed E-state index contributed by atoms with van der Waals surface area (Å²) in [6.45, 7) is 0. The Labute approximate surface area is 106 Å². The molecule has 1 unspecified atom stereocenters. The van der Waals surface area contributed by atoms with E-state index in [9.17, 15) is 8.78 Å². The van der Waals surface area contributed by atoms with Crippen LogP contribution >= 0.6 is 15.9 Å². The SMILES string of the molecule is Fc1cccc(F)c1CC(Br)Cc1ncc[nH]1. The highest BCUT2D eigenvalue weighted by Crippen LogP contribution is 2.19. The molecule has 1 atom stereocenters. The molecular weight excluding hydrogens is 290 g/mol. The molecule has 1 N–H and O–H groups in total. The normalized spacial score (nSPS) is 12.6. The molecule has 17 heavy (non-hydrogen) atoms. The third kappa shape index (κ3) is 3.12. The lowest BCUT2D eigenvalue weighted by Crippen LogP contribution is -2.10. The number of nitrogens with one attached hydrogen (secondary N) is 1. The summed E-state index contributed by atoms with van der Waals surface area (Å²) in [6, 6.07) is 3.90. The topological polar surface area (TPSA) is 28.7 Å². The van der Waals surface area contributed by atoms with E-state index in [4.69, 9.17) is 0 Å². The fourth-order valence-corrected chi connectivity index (χ4v) is 2.27. The number of halogens is 3. The van der Waals surface area contributed by atoms with Crippen molar-refractivity contribution < 1.29 is 8.78 Å². The van der Waals surface area contributed by atoms with Gasteiger partial charge in [-0.2, -0.15) is 0 Å². The number of aromatic amines is 1. The van der Waals surface area contributed by atoms with E-state index in [1.807, 2.05) is 0 Å². The van der Waals surface area contributed by atoms with Crippen LogP contribution in [0.2, 0.25) is 0 Å². The van der Waals surface area contributed by atoms with E-state index in [2.05, 4.69) is 25.9 Å². The molecule has 1 aromatic heterocycles. The summed E-state index contributed by atoms with van der Waals surface area (Å²) in [6.07, 6.45) is 4.26. The van der Waals surface area contributed by atoms with Gasteiger partial charge in [0.25, 0.3) is 0 Å². The number of benzene rings is 1. The lowest BCUT2D eigenvalue weighted by atomic mass is 10.1. The number of hydrogen-bond donors (Lipinski definition) is 1. The zero-order valence-electron chi connectivity index (χ0n) is 8.96. The minimum Gasteiger partial charge on any atom is -0.349 e. The molecule has 1 aromatic carbocycles. The molecule has 0 aliphatic rings. The Kier molecular flexibility index (Phi) is 3.89. The lowest BCUT2D eigenvalue weighted by molar-refractivity contribution is 0.551. The van der Waals surface area contributed by atoms with Gasteiger partial charge in [0, 0.05) is 29.2 Å². The van der Waals surface area contributed by atoms with Gasteiger partial charge >= 0.3 is 0 Å². The number of aromatic nitrogens is 2. The maximum atomic E-state index is 13.4. The summed E-state index contributed by atoms with van der Waals surface area (Å²) in [7, 11) is 0. The van der Waals surface area contributed by atoms with E-state index in [1.54, 1.807) is 12.4 Å². The van der Waals surface area contributed by atoms with Crippen LogP contribution in [0.25, 0.3) is 0 Å². The summed E-state index contributed by atoms with van der Waals surface area (Å²) < 4.78 is 26.8. The molecule has 0 spiro atoms. The average Bonchev–Trinajstić information content (AvgIpc) is 2.76. The van der Waals surface area contributed by atoms with Crippen LogP contribution in [-0.4, -0.2) is 14.8 Å². The van der Waals surface area contributed by atoms with Crippen LogP contribution < -0.4 is 0 Å². The van der Waals surface area contributed by atoms with Gasteiger partial charge < -0.3 is 4.98 Å². The van der Waals surface area contributed by atoms with Gasteiger partial charge in [-0.3, -0.25) is 0 Å². The minimum atomic E-state index is -0.506. The number of H-pyrrole nitrogens is 1. The molecule has 2 nitrogen and oxygen atoms in total. The van der Waals surface area contributed by atoms with Gasteiger partial charge in [-0.1, -0.05) is 22.0 Å². The Morgan fingerprint density at radius 2 is 1.94 bits per heavy atom. The van der Waals surface area contributed by atoms with E-state index >= 15 is 0 Å². The van der Waals surface area contributed by atoms with E-state index in [0.717, 1.165) is 5.82 Å². The van der Waals surface area contributed by atoms with Gasteiger partial charge in [0.2, 0.25) is 0 Å². The quantitative estimate of drug-likeness (QED) is 0.863. The standard InChI is InChI=1S/C12H11BrF2N2/c13-8(7-12-16-4-5-17-12)6-9-10(14)2-1-3-11(9)15/h1-5,8H,6-7H2,(H,16,17). The van der Waals surface area contributed by atoms with Crippen LogP contribution in [0.5, 0.6) is 0 Å². The van der Waals surface area contributed by atoms with E-state index in [-0.39, 0.29) is 10.4 Å².